The molecule has 176 valence electrons. The van der Waals surface area contributed by atoms with Crippen LogP contribution in [-0.4, -0.2) is 63.1 Å². The molecule has 2 aliphatic heterocycles. The number of methoxy groups -OCH3 is 1. The first-order chi connectivity index (χ1) is 15.8. The van der Waals surface area contributed by atoms with Crippen molar-refractivity contribution in [2.75, 3.05) is 46.6 Å². The number of hydrogen-bond acceptors (Lipinski definition) is 8. The third-order valence-electron chi connectivity index (χ3n) is 6.49. The van der Waals surface area contributed by atoms with E-state index in [0.717, 1.165) is 38.4 Å². The van der Waals surface area contributed by atoms with Gasteiger partial charge in [-0.15, -0.1) is 0 Å². The summed E-state index contributed by atoms with van der Waals surface area (Å²) in [5.74, 6) is 0.0890. The number of carbonyl (C=O) groups excluding carboxylic acids is 1. The van der Waals surface area contributed by atoms with Gasteiger partial charge in [0.1, 0.15) is 18.3 Å². The molecule has 0 radical (unpaired) electrons. The Morgan fingerprint density at radius 3 is 2.70 bits per heavy atom. The highest BCUT2D eigenvalue weighted by molar-refractivity contribution is 6.01. The van der Waals surface area contributed by atoms with Crippen LogP contribution in [0.25, 0.3) is 0 Å². The summed E-state index contributed by atoms with van der Waals surface area (Å²) in [5, 5.41) is 18.1. The Morgan fingerprint density at radius 2 is 2.00 bits per heavy atom. The monoisotopic (exact) mass is 453 g/mol. The van der Waals surface area contributed by atoms with Crippen LogP contribution in [-0.2, 0) is 14.3 Å². The molecular formula is C25H31N3O5. The van der Waals surface area contributed by atoms with Crippen LogP contribution in [0.5, 0.6) is 11.5 Å². The molecule has 0 spiro atoms. The number of nitrogens with zero attached hydrogens (tertiary/aromatic N) is 2. The molecule has 8 nitrogen and oxygen atoms in total. The number of ether oxygens (including phenoxy) is 4. The van der Waals surface area contributed by atoms with E-state index in [4.69, 9.17) is 24.4 Å². The molecule has 1 aliphatic carbocycles. The number of hydrogen-bond donors (Lipinski definition) is 1. The molecule has 4 rings (SSSR count). The second kappa shape index (κ2) is 9.54. The van der Waals surface area contributed by atoms with Crippen LogP contribution in [0.15, 0.2) is 29.5 Å². The Labute approximate surface area is 194 Å². The minimum Gasteiger partial charge on any atom is -0.493 e. The Hall–Kier alpha value is -2.89. The van der Waals surface area contributed by atoms with Gasteiger partial charge in [0.25, 0.3) is 0 Å². The molecule has 3 aliphatic rings. The van der Waals surface area contributed by atoms with Crippen LogP contribution < -0.4 is 9.47 Å². The first kappa shape index (κ1) is 23.3. The fourth-order valence-corrected chi connectivity index (χ4v) is 4.83. The minimum atomic E-state index is -0.869. The molecule has 1 aromatic carbocycles. The van der Waals surface area contributed by atoms with E-state index in [1.165, 1.54) is 0 Å². The van der Waals surface area contributed by atoms with E-state index < -0.39 is 11.8 Å². The maximum absolute atomic E-state index is 13.1. The zero-order chi connectivity index (χ0) is 23.6. The van der Waals surface area contributed by atoms with Gasteiger partial charge in [0.15, 0.2) is 17.3 Å². The number of nitriles is 1. The van der Waals surface area contributed by atoms with Gasteiger partial charge in [-0.25, -0.2) is 0 Å². The number of benzene rings is 1. The highest BCUT2D eigenvalue weighted by atomic mass is 16.5. The first-order valence-corrected chi connectivity index (χ1v) is 11.4. The standard InChI is InChI=1S/C25H31N3O5/c1-25(2)13-18(29)23-21(14-25)33-24(27)17(15-26)22(23)16-4-5-19(20(12-16)30-3)32-11-8-28-6-9-31-10-7-28/h4-5,12,17,22,27H,6-11,13-14H2,1-3H3. The molecule has 2 heterocycles. The van der Waals surface area contributed by atoms with Crippen molar-refractivity contribution in [3.05, 3.63) is 35.1 Å². The largest absolute Gasteiger partial charge is 0.493 e. The van der Waals surface area contributed by atoms with E-state index in [1.807, 2.05) is 32.0 Å². The maximum Gasteiger partial charge on any atom is 0.205 e. The van der Waals surface area contributed by atoms with Crippen molar-refractivity contribution in [3.63, 3.8) is 0 Å². The lowest BCUT2D eigenvalue weighted by molar-refractivity contribution is -0.119. The van der Waals surface area contributed by atoms with Gasteiger partial charge in [-0.3, -0.25) is 15.1 Å². The van der Waals surface area contributed by atoms with Crippen molar-refractivity contribution in [2.45, 2.75) is 32.6 Å². The van der Waals surface area contributed by atoms with Crippen molar-refractivity contribution in [2.24, 2.45) is 11.3 Å². The molecule has 1 aromatic rings. The summed E-state index contributed by atoms with van der Waals surface area (Å²) in [6, 6.07) is 7.67. The number of nitrogens with one attached hydrogen (secondary N) is 1. The van der Waals surface area contributed by atoms with Gasteiger partial charge in [-0.2, -0.15) is 5.26 Å². The van der Waals surface area contributed by atoms with Gasteiger partial charge in [-0.05, 0) is 23.1 Å². The van der Waals surface area contributed by atoms with E-state index in [0.29, 0.717) is 42.3 Å². The van der Waals surface area contributed by atoms with Gasteiger partial charge in [0.2, 0.25) is 5.90 Å². The first-order valence-electron chi connectivity index (χ1n) is 11.4. The third kappa shape index (κ3) is 4.90. The molecule has 1 saturated heterocycles. The SMILES string of the molecule is COc1cc(C2C3=C(CC(C)(C)CC3=O)OC(=N)C2C#N)ccc1OCCN1CCOCC1. The zero-order valence-electron chi connectivity index (χ0n) is 19.5. The maximum atomic E-state index is 13.1. The zero-order valence-corrected chi connectivity index (χ0v) is 19.5. The molecular weight excluding hydrogens is 422 g/mol. The summed E-state index contributed by atoms with van der Waals surface area (Å²) >= 11 is 0. The van der Waals surface area contributed by atoms with Crippen molar-refractivity contribution in [1.82, 2.24) is 4.90 Å². The van der Waals surface area contributed by atoms with Crippen LogP contribution in [0.2, 0.25) is 0 Å². The molecule has 0 bridgehead atoms. The van der Waals surface area contributed by atoms with Crippen LogP contribution in [0.1, 0.15) is 38.2 Å². The van der Waals surface area contributed by atoms with Gasteiger partial charge in [0.05, 0.1) is 26.4 Å². The number of ketones is 1. The van der Waals surface area contributed by atoms with Crippen LogP contribution in [0.4, 0.5) is 0 Å². The lowest BCUT2D eigenvalue weighted by Gasteiger charge is -2.39. The molecule has 0 amide bonds. The Balaban J connectivity index is 1.60. The number of rotatable bonds is 6. The fourth-order valence-electron chi connectivity index (χ4n) is 4.83. The predicted molar refractivity (Wildman–Crippen MR) is 121 cm³/mol. The average Bonchev–Trinajstić information content (AvgIpc) is 2.78. The van der Waals surface area contributed by atoms with Crippen molar-refractivity contribution < 1.29 is 23.7 Å². The third-order valence-corrected chi connectivity index (χ3v) is 6.49. The van der Waals surface area contributed by atoms with Crippen molar-refractivity contribution in [1.29, 1.82) is 10.7 Å². The molecule has 1 N–H and O–H groups in total. The fraction of sp³-hybridized carbons (Fsp3) is 0.560. The lowest BCUT2D eigenvalue weighted by Crippen LogP contribution is -2.38. The van der Waals surface area contributed by atoms with Crippen molar-refractivity contribution in [3.8, 4) is 17.6 Å². The molecule has 1 fully saturated rings. The van der Waals surface area contributed by atoms with Crippen LogP contribution in [0.3, 0.4) is 0 Å². The van der Waals surface area contributed by atoms with E-state index in [2.05, 4.69) is 11.0 Å². The van der Waals surface area contributed by atoms with Gasteiger partial charge in [0, 0.05) is 44.0 Å². The minimum absolute atomic E-state index is 0.0243. The van der Waals surface area contributed by atoms with Crippen LogP contribution in [0, 0.1) is 28.1 Å². The van der Waals surface area contributed by atoms with Gasteiger partial charge < -0.3 is 18.9 Å². The summed E-state index contributed by atoms with van der Waals surface area (Å²) in [6.07, 6.45) is 0.946. The van der Waals surface area contributed by atoms with Crippen molar-refractivity contribution >= 4 is 11.7 Å². The molecule has 2 unspecified atom stereocenters. The Morgan fingerprint density at radius 1 is 1.24 bits per heavy atom. The van der Waals surface area contributed by atoms with Gasteiger partial charge in [-0.1, -0.05) is 19.9 Å². The summed E-state index contributed by atoms with van der Waals surface area (Å²) in [7, 11) is 1.57. The number of Topliss-reactive ketones (excluding diaryl/α,β-unsaturated/α-hetero) is 1. The normalized spacial score (nSPS) is 25.2. The van der Waals surface area contributed by atoms with E-state index in [-0.39, 0.29) is 17.1 Å². The second-order valence-electron chi connectivity index (χ2n) is 9.54. The van der Waals surface area contributed by atoms with Gasteiger partial charge >= 0.3 is 0 Å². The average molecular weight is 454 g/mol. The Kier molecular flexibility index (Phi) is 6.73. The summed E-state index contributed by atoms with van der Waals surface area (Å²) in [5.41, 5.74) is 1.02. The summed E-state index contributed by atoms with van der Waals surface area (Å²) in [6.45, 7) is 8.61. The van der Waals surface area contributed by atoms with E-state index in [1.54, 1.807) is 7.11 Å². The molecule has 33 heavy (non-hydrogen) atoms. The molecule has 2 atom stereocenters. The Bertz CT molecular complexity index is 1000. The summed E-state index contributed by atoms with van der Waals surface area (Å²) in [4.78, 5) is 15.4. The van der Waals surface area contributed by atoms with Crippen LogP contribution >= 0.6 is 0 Å². The quantitative estimate of drug-likeness (QED) is 0.705. The highest BCUT2D eigenvalue weighted by Crippen LogP contribution is 2.48. The van der Waals surface area contributed by atoms with E-state index in [9.17, 15) is 10.1 Å². The lowest BCUT2D eigenvalue weighted by atomic mass is 9.68. The summed E-state index contributed by atoms with van der Waals surface area (Å²) < 4.78 is 22.6. The van der Waals surface area contributed by atoms with E-state index >= 15 is 0 Å². The number of morpholine rings is 1. The highest BCUT2D eigenvalue weighted by Gasteiger charge is 2.46. The molecule has 8 heteroatoms. The molecule has 0 saturated carbocycles. The topological polar surface area (TPSA) is 105 Å². The number of carbonyl (C=O) groups is 1. The smallest absolute Gasteiger partial charge is 0.205 e. The number of allylic oxidation sites excluding steroid dienone is 2. The second-order valence-corrected chi connectivity index (χ2v) is 9.54. The molecule has 0 aromatic heterocycles. The predicted octanol–water partition coefficient (Wildman–Crippen LogP) is 3.28.